The van der Waals surface area contributed by atoms with E-state index in [1.54, 1.807) is 0 Å². The van der Waals surface area contributed by atoms with Gasteiger partial charge in [0.15, 0.2) is 11.7 Å². The Balaban J connectivity index is 1.69. The van der Waals surface area contributed by atoms with Crippen molar-refractivity contribution in [1.82, 2.24) is 10.9 Å². The largest absolute Gasteiger partial charge is 0.484 e. The van der Waals surface area contributed by atoms with Gasteiger partial charge in [-0.1, -0.05) is 36.4 Å². The van der Waals surface area contributed by atoms with Crippen LogP contribution in [0.2, 0.25) is 0 Å². The number of rotatable bonds is 6. The fourth-order valence-electron chi connectivity index (χ4n) is 1.88. The highest BCUT2D eigenvalue weighted by atomic mass is 32.1. The Kier molecular flexibility index (Phi) is 6.79. The van der Waals surface area contributed by atoms with Crippen LogP contribution in [0.5, 0.6) is 5.75 Å². The van der Waals surface area contributed by atoms with Crippen LogP contribution in [0.3, 0.4) is 0 Å². The summed E-state index contributed by atoms with van der Waals surface area (Å²) in [5.74, 6) is 0.297. The first-order valence-electron chi connectivity index (χ1n) is 7.41. The molecule has 0 radical (unpaired) electrons. The molecule has 1 amide bonds. The molecule has 0 aliphatic carbocycles. The molecule has 0 aliphatic rings. The number of thiocarbonyl (C=S) groups is 1. The highest BCUT2D eigenvalue weighted by Crippen LogP contribution is 2.12. The summed E-state index contributed by atoms with van der Waals surface area (Å²) in [6, 6.07) is 16.9. The first kappa shape index (κ1) is 17.5. The lowest BCUT2D eigenvalue weighted by atomic mass is 10.1. The summed E-state index contributed by atoms with van der Waals surface area (Å²) in [4.78, 5) is 11.7. The van der Waals surface area contributed by atoms with Gasteiger partial charge in [0.25, 0.3) is 5.91 Å². The molecule has 0 saturated heterocycles. The molecule has 0 saturated carbocycles. The zero-order valence-electron chi connectivity index (χ0n) is 13.1. The van der Waals surface area contributed by atoms with Crippen LogP contribution in [0.15, 0.2) is 67.3 Å². The number of hydrogen-bond donors (Lipinski definition) is 3. The summed E-state index contributed by atoms with van der Waals surface area (Å²) in [5, 5.41) is 3.24. The molecule has 2 aromatic carbocycles. The normalized spacial score (nSPS) is 9.67. The van der Waals surface area contributed by atoms with E-state index >= 15 is 0 Å². The number of allylic oxidation sites excluding steroid dienone is 1. The molecule has 0 aromatic heterocycles. The number of nitrogens with one attached hydrogen (secondary N) is 3. The van der Waals surface area contributed by atoms with Crippen molar-refractivity contribution in [1.29, 1.82) is 0 Å². The zero-order chi connectivity index (χ0) is 17.2. The third-order valence-electron chi connectivity index (χ3n) is 3.02. The Morgan fingerprint density at radius 2 is 1.79 bits per heavy atom. The van der Waals surface area contributed by atoms with Crippen LogP contribution < -0.4 is 20.9 Å². The molecule has 6 heteroatoms. The van der Waals surface area contributed by atoms with Crippen molar-refractivity contribution in [3.8, 4) is 5.75 Å². The molecule has 2 rings (SSSR count). The van der Waals surface area contributed by atoms with E-state index in [2.05, 4.69) is 22.7 Å². The fourth-order valence-corrected chi connectivity index (χ4v) is 2.05. The minimum Gasteiger partial charge on any atom is -0.484 e. The topological polar surface area (TPSA) is 62.4 Å². The van der Waals surface area contributed by atoms with E-state index in [1.807, 2.05) is 60.7 Å². The number of amides is 1. The van der Waals surface area contributed by atoms with Crippen molar-refractivity contribution in [3.63, 3.8) is 0 Å². The van der Waals surface area contributed by atoms with E-state index in [0.29, 0.717) is 10.9 Å². The summed E-state index contributed by atoms with van der Waals surface area (Å²) < 4.78 is 5.41. The van der Waals surface area contributed by atoms with Gasteiger partial charge in [0.2, 0.25) is 0 Å². The van der Waals surface area contributed by atoms with Gasteiger partial charge in [-0.3, -0.25) is 15.6 Å². The third kappa shape index (κ3) is 6.10. The van der Waals surface area contributed by atoms with Gasteiger partial charge in [0.1, 0.15) is 5.75 Å². The third-order valence-corrected chi connectivity index (χ3v) is 3.22. The summed E-state index contributed by atoms with van der Waals surface area (Å²) in [7, 11) is 0. The van der Waals surface area contributed by atoms with Gasteiger partial charge in [-0.2, -0.15) is 0 Å². The SMILES string of the molecule is C=CCc1ccc(OCC(=O)NNC(=S)Nc2ccccc2)cc1. The summed E-state index contributed by atoms with van der Waals surface area (Å²) in [6.45, 7) is 3.58. The fraction of sp³-hybridized carbons (Fsp3) is 0.111. The first-order chi connectivity index (χ1) is 11.7. The molecule has 5 nitrogen and oxygen atoms in total. The van der Waals surface area contributed by atoms with Gasteiger partial charge in [0, 0.05) is 5.69 Å². The number of hydrazine groups is 1. The number of para-hydroxylation sites is 1. The van der Waals surface area contributed by atoms with Crippen molar-refractivity contribution < 1.29 is 9.53 Å². The molecule has 24 heavy (non-hydrogen) atoms. The monoisotopic (exact) mass is 341 g/mol. The van der Waals surface area contributed by atoms with Gasteiger partial charge in [0.05, 0.1) is 0 Å². The lowest BCUT2D eigenvalue weighted by Crippen LogP contribution is -2.45. The minimum atomic E-state index is -0.331. The highest BCUT2D eigenvalue weighted by Gasteiger charge is 2.04. The maximum absolute atomic E-state index is 11.7. The maximum atomic E-state index is 11.7. The minimum absolute atomic E-state index is 0.109. The Morgan fingerprint density at radius 3 is 2.46 bits per heavy atom. The van der Waals surface area contributed by atoms with E-state index < -0.39 is 0 Å². The van der Waals surface area contributed by atoms with Gasteiger partial charge >= 0.3 is 0 Å². The van der Waals surface area contributed by atoms with E-state index in [-0.39, 0.29) is 12.5 Å². The van der Waals surface area contributed by atoms with Gasteiger partial charge < -0.3 is 10.1 Å². The Hall–Kier alpha value is -2.86. The molecule has 0 spiro atoms. The molecule has 2 aromatic rings. The van der Waals surface area contributed by atoms with E-state index in [0.717, 1.165) is 17.7 Å². The number of carbonyl (C=O) groups is 1. The average molecular weight is 341 g/mol. The number of anilines is 1. The standard InChI is InChI=1S/C18H19N3O2S/c1-2-6-14-9-11-16(12-10-14)23-13-17(22)20-21-18(24)19-15-7-4-3-5-8-15/h2-5,7-12H,1,6,13H2,(H,20,22)(H2,19,21,24). The van der Waals surface area contributed by atoms with Crippen LogP contribution in [-0.4, -0.2) is 17.6 Å². The Bertz CT molecular complexity index is 687. The number of ether oxygens (including phenoxy) is 1. The average Bonchev–Trinajstić information content (AvgIpc) is 2.60. The van der Waals surface area contributed by atoms with Crippen LogP contribution in [-0.2, 0) is 11.2 Å². The molecule has 124 valence electrons. The number of benzene rings is 2. The van der Waals surface area contributed by atoms with E-state index in [9.17, 15) is 4.79 Å². The lowest BCUT2D eigenvalue weighted by Gasteiger charge is -2.12. The predicted octanol–water partition coefficient (Wildman–Crippen LogP) is 2.81. The molecule has 3 N–H and O–H groups in total. The van der Waals surface area contributed by atoms with Gasteiger partial charge in [-0.25, -0.2) is 0 Å². The van der Waals surface area contributed by atoms with Crippen molar-refractivity contribution >= 4 is 28.9 Å². The smallest absolute Gasteiger partial charge is 0.276 e. The molecule has 0 bridgehead atoms. The molecule has 0 aliphatic heterocycles. The maximum Gasteiger partial charge on any atom is 0.276 e. The van der Waals surface area contributed by atoms with Crippen molar-refractivity contribution in [2.45, 2.75) is 6.42 Å². The van der Waals surface area contributed by atoms with Crippen molar-refractivity contribution in [2.24, 2.45) is 0 Å². The summed E-state index contributed by atoms with van der Waals surface area (Å²) in [5.41, 5.74) is 7.07. The first-order valence-corrected chi connectivity index (χ1v) is 7.81. The summed E-state index contributed by atoms with van der Waals surface area (Å²) >= 11 is 5.09. The van der Waals surface area contributed by atoms with Gasteiger partial charge in [-0.05, 0) is 48.5 Å². The molecular formula is C18H19N3O2S. The molecular weight excluding hydrogens is 322 g/mol. The quantitative estimate of drug-likeness (QED) is 0.428. The van der Waals surface area contributed by atoms with Crippen LogP contribution >= 0.6 is 12.2 Å². The lowest BCUT2D eigenvalue weighted by molar-refractivity contribution is -0.123. The van der Waals surface area contributed by atoms with Crippen LogP contribution in [0.4, 0.5) is 5.69 Å². The molecule has 0 heterocycles. The van der Waals surface area contributed by atoms with Crippen molar-refractivity contribution in [2.75, 3.05) is 11.9 Å². The van der Waals surface area contributed by atoms with E-state index in [4.69, 9.17) is 17.0 Å². The predicted molar refractivity (Wildman–Crippen MR) is 99.8 cm³/mol. The second-order valence-electron chi connectivity index (χ2n) is 4.92. The zero-order valence-corrected chi connectivity index (χ0v) is 13.9. The highest BCUT2D eigenvalue weighted by molar-refractivity contribution is 7.80. The summed E-state index contributed by atoms with van der Waals surface area (Å²) in [6.07, 6.45) is 2.64. The molecule has 0 atom stereocenters. The van der Waals surface area contributed by atoms with Crippen LogP contribution in [0, 0.1) is 0 Å². The number of carbonyl (C=O) groups excluding carboxylic acids is 1. The molecule has 0 unspecified atom stereocenters. The van der Waals surface area contributed by atoms with Gasteiger partial charge in [-0.15, -0.1) is 6.58 Å². The Labute approximate surface area is 146 Å². The second-order valence-corrected chi connectivity index (χ2v) is 5.33. The Morgan fingerprint density at radius 1 is 1.08 bits per heavy atom. The second kappa shape index (κ2) is 9.32. The van der Waals surface area contributed by atoms with Crippen LogP contribution in [0.1, 0.15) is 5.56 Å². The van der Waals surface area contributed by atoms with Crippen LogP contribution in [0.25, 0.3) is 0 Å². The number of hydrogen-bond acceptors (Lipinski definition) is 3. The molecule has 0 fully saturated rings. The van der Waals surface area contributed by atoms with Crippen molar-refractivity contribution in [3.05, 3.63) is 72.8 Å². The van der Waals surface area contributed by atoms with E-state index in [1.165, 1.54) is 0 Å².